The molecular formula is C49H33N5. The smallest absolute Gasteiger partial charge is 0.137 e. The van der Waals surface area contributed by atoms with Crippen LogP contribution in [0.25, 0.3) is 72.3 Å². The fraction of sp³-hybridized carbons (Fsp3) is 0.0612. The molecule has 0 saturated heterocycles. The van der Waals surface area contributed by atoms with Gasteiger partial charge in [0.05, 0.1) is 45.3 Å². The van der Waals surface area contributed by atoms with E-state index in [0.29, 0.717) is 22.7 Å². The zero-order valence-electron chi connectivity index (χ0n) is 29.6. The summed E-state index contributed by atoms with van der Waals surface area (Å²) in [5, 5.41) is 24.2. The largest absolute Gasteiger partial charge is 0.307 e. The van der Waals surface area contributed by atoms with Crippen molar-refractivity contribution in [3.8, 4) is 56.9 Å². The zero-order chi connectivity index (χ0) is 36.6. The van der Waals surface area contributed by atoms with Crippen LogP contribution in [0.5, 0.6) is 0 Å². The molecule has 1 aliphatic rings. The second kappa shape index (κ2) is 13.7. The molecular weight excluding hydrogens is 659 g/mol. The Morgan fingerprint density at radius 2 is 0.944 bits per heavy atom. The number of nitriles is 2. The molecule has 9 rings (SSSR count). The maximum Gasteiger partial charge on any atom is 0.137 e. The van der Waals surface area contributed by atoms with Crippen LogP contribution in [0.3, 0.4) is 0 Å². The lowest BCUT2D eigenvalue weighted by molar-refractivity contribution is 0.582. The van der Waals surface area contributed by atoms with Crippen molar-refractivity contribution >= 4 is 27.5 Å². The Bertz CT molecular complexity index is 2680. The first-order valence-electron chi connectivity index (χ1n) is 18.1. The Morgan fingerprint density at radius 3 is 1.37 bits per heavy atom. The van der Waals surface area contributed by atoms with Crippen molar-refractivity contribution < 1.29 is 0 Å². The summed E-state index contributed by atoms with van der Waals surface area (Å²) in [5.41, 5.74) is 11.2. The third-order valence-corrected chi connectivity index (χ3v) is 10.5. The average Bonchev–Trinajstić information content (AvgIpc) is 3.57. The molecule has 5 heteroatoms. The van der Waals surface area contributed by atoms with Crippen LogP contribution in [-0.2, 0) is 0 Å². The first-order valence-corrected chi connectivity index (χ1v) is 18.1. The molecule has 0 amide bonds. The number of hydrogen-bond acceptors (Lipinski definition) is 4. The van der Waals surface area contributed by atoms with Gasteiger partial charge in [-0.25, -0.2) is 9.97 Å². The van der Waals surface area contributed by atoms with Gasteiger partial charge in [-0.1, -0.05) is 159 Å². The summed E-state index contributed by atoms with van der Waals surface area (Å²) in [5.74, 6) is -0.182. The molecule has 0 radical (unpaired) electrons. The molecule has 1 aliphatic carbocycles. The van der Waals surface area contributed by atoms with E-state index < -0.39 is 5.92 Å². The van der Waals surface area contributed by atoms with Crippen LogP contribution in [0, 0.1) is 28.6 Å². The molecule has 254 valence electrons. The lowest BCUT2D eigenvalue weighted by Gasteiger charge is -2.28. The molecule has 2 atom stereocenters. The SMILES string of the molecule is CC1C(C#N)=C(n2c3cc(-c4ccccc4)ccc3c3ccc(-c4ccccc4)cc32)C(C#N)=CC1c1nc(-c2ccccc2)cc(-c2ccccc2)n1. The molecule has 2 unspecified atom stereocenters. The van der Waals surface area contributed by atoms with E-state index in [4.69, 9.17) is 9.97 Å². The van der Waals surface area contributed by atoms with Crippen LogP contribution in [0.1, 0.15) is 18.7 Å². The molecule has 0 N–H and O–H groups in total. The molecule has 0 saturated carbocycles. The number of nitrogens with zero attached hydrogens (tertiary/aromatic N) is 5. The van der Waals surface area contributed by atoms with Crippen molar-refractivity contribution in [1.29, 1.82) is 10.5 Å². The minimum absolute atomic E-state index is 0.334. The second-order valence-electron chi connectivity index (χ2n) is 13.6. The van der Waals surface area contributed by atoms with Crippen molar-refractivity contribution in [2.24, 2.45) is 5.92 Å². The van der Waals surface area contributed by atoms with Crippen molar-refractivity contribution in [3.05, 3.63) is 187 Å². The van der Waals surface area contributed by atoms with Gasteiger partial charge in [0.1, 0.15) is 11.9 Å². The summed E-state index contributed by atoms with van der Waals surface area (Å²) in [6, 6.07) is 60.8. The van der Waals surface area contributed by atoms with Gasteiger partial charge in [0.15, 0.2) is 0 Å². The van der Waals surface area contributed by atoms with Crippen LogP contribution < -0.4 is 0 Å². The Morgan fingerprint density at radius 1 is 0.500 bits per heavy atom. The fourth-order valence-electron chi connectivity index (χ4n) is 7.74. The summed E-state index contributed by atoms with van der Waals surface area (Å²) in [6.07, 6.45) is 1.97. The molecule has 0 bridgehead atoms. The summed E-state index contributed by atoms with van der Waals surface area (Å²) in [7, 11) is 0. The van der Waals surface area contributed by atoms with Gasteiger partial charge in [-0.05, 0) is 40.5 Å². The van der Waals surface area contributed by atoms with E-state index in [2.05, 4.69) is 77.4 Å². The maximum absolute atomic E-state index is 11.1. The number of rotatable bonds is 6. The van der Waals surface area contributed by atoms with E-state index in [1.165, 1.54) is 0 Å². The van der Waals surface area contributed by atoms with E-state index in [0.717, 1.165) is 66.6 Å². The monoisotopic (exact) mass is 691 g/mol. The van der Waals surface area contributed by atoms with Crippen molar-refractivity contribution in [3.63, 3.8) is 0 Å². The highest BCUT2D eigenvalue weighted by molar-refractivity contribution is 6.13. The van der Waals surface area contributed by atoms with E-state index in [1.54, 1.807) is 0 Å². The number of hydrogen-bond donors (Lipinski definition) is 0. The summed E-state index contributed by atoms with van der Waals surface area (Å²) < 4.78 is 2.14. The minimum Gasteiger partial charge on any atom is -0.307 e. The topological polar surface area (TPSA) is 78.3 Å². The number of aromatic nitrogens is 3. The van der Waals surface area contributed by atoms with Crippen molar-refractivity contribution in [2.45, 2.75) is 12.8 Å². The predicted molar refractivity (Wildman–Crippen MR) is 218 cm³/mol. The summed E-state index contributed by atoms with van der Waals surface area (Å²) >= 11 is 0. The highest BCUT2D eigenvalue weighted by atomic mass is 15.0. The highest BCUT2D eigenvalue weighted by Crippen LogP contribution is 2.45. The van der Waals surface area contributed by atoms with E-state index >= 15 is 0 Å². The quantitative estimate of drug-likeness (QED) is 0.174. The molecule has 8 aromatic rings. The number of allylic oxidation sites excluding steroid dienone is 4. The van der Waals surface area contributed by atoms with Crippen molar-refractivity contribution in [1.82, 2.24) is 14.5 Å². The van der Waals surface area contributed by atoms with Gasteiger partial charge >= 0.3 is 0 Å². The van der Waals surface area contributed by atoms with E-state index in [1.807, 2.05) is 116 Å². The normalized spacial score (nSPS) is 15.5. The number of fused-ring (bicyclic) bond motifs is 3. The van der Waals surface area contributed by atoms with E-state index in [-0.39, 0.29) is 5.92 Å². The van der Waals surface area contributed by atoms with Gasteiger partial charge in [-0.15, -0.1) is 0 Å². The first-order chi connectivity index (χ1) is 26.6. The van der Waals surface area contributed by atoms with Crippen LogP contribution in [-0.4, -0.2) is 14.5 Å². The van der Waals surface area contributed by atoms with Gasteiger partial charge < -0.3 is 4.57 Å². The minimum atomic E-state index is -0.419. The number of benzene rings is 6. The van der Waals surface area contributed by atoms with Crippen molar-refractivity contribution in [2.75, 3.05) is 0 Å². The van der Waals surface area contributed by atoms with Gasteiger partial charge in [-0.3, -0.25) is 0 Å². The third-order valence-electron chi connectivity index (χ3n) is 10.5. The maximum atomic E-state index is 11.1. The van der Waals surface area contributed by atoms with Crippen LogP contribution >= 0.6 is 0 Å². The predicted octanol–water partition coefficient (Wildman–Crippen LogP) is 11.9. The van der Waals surface area contributed by atoms with E-state index in [9.17, 15) is 10.5 Å². The van der Waals surface area contributed by atoms with Gasteiger partial charge in [0.25, 0.3) is 0 Å². The second-order valence-corrected chi connectivity index (χ2v) is 13.6. The third kappa shape index (κ3) is 5.66. The lowest BCUT2D eigenvalue weighted by atomic mass is 9.79. The molecule has 0 aliphatic heterocycles. The van der Waals surface area contributed by atoms with Gasteiger partial charge in [-0.2, -0.15) is 10.5 Å². The molecule has 5 nitrogen and oxygen atoms in total. The standard InChI is InChI=1S/C49H33N5/c1-32-42(49-52-44(35-18-10-4-11-19-35)29-45(53-49)36-20-12-5-13-21-36)26-39(30-50)48(43(32)31-51)54-46-27-37(33-14-6-2-7-15-33)22-24-40(46)41-25-23-38(28-47(41)54)34-16-8-3-9-17-34/h2-29,32,42H,1H3. The Kier molecular flexibility index (Phi) is 8.23. The molecule has 0 spiro atoms. The molecule has 6 aromatic carbocycles. The summed E-state index contributed by atoms with van der Waals surface area (Å²) in [4.78, 5) is 10.2. The summed E-state index contributed by atoms with van der Waals surface area (Å²) in [6.45, 7) is 2.05. The van der Waals surface area contributed by atoms with Crippen LogP contribution in [0.2, 0.25) is 0 Å². The Hall–Kier alpha value is -7.34. The lowest BCUT2D eigenvalue weighted by Crippen LogP contribution is -2.21. The Balaban J connectivity index is 1.28. The average molecular weight is 692 g/mol. The Labute approximate surface area is 314 Å². The molecule has 54 heavy (non-hydrogen) atoms. The van der Waals surface area contributed by atoms with Gasteiger partial charge in [0.2, 0.25) is 0 Å². The highest BCUT2D eigenvalue weighted by Gasteiger charge is 2.35. The fourth-order valence-corrected chi connectivity index (χ4v) is 7.74. The molecule has 0 fully saturated rings. The van der Waals surface area contributed by atoms with Crippen LogP contribution in [0.4, 0.5) is 0 Å². The molecule has 2 heterocycles. The van der Waals surface area contributed by atoms with Gasteiger partial charge in [0, 0.05) is 33.7 Å². The zero-order valence-corrected chi connectivity index (χ0v) is 29.6. The first kappa shape index (κ1) is 32.6. The van der Waals surface area contributed by atoms with Crippen LogP contribution in [0.15, 0.2) is 181 Å². The molecule has 2 aromatic heterocycles.